The molecular weight excluding hydrogens is 420 g/mol. The summed E-state index contributed by atoms with van der Waals surface area (Å²) >= 11 is 3.70. The standard InChI is InChI=1S/C22H33BrN2O3/c1-14(2)28-21(27)20(26)17-15(3)24-16(4)18(23)19(17)25-12-11-22(13-25)9-7-5-6-8-10-22/h14,20,26H,5-13H2,1-4H3/t20-/m0/s1. The van der Waals surface area contributed by atoms with Crippen LogP contribution in [0.5, 0.6) is 0 Å². The summed E-state index contributed by atoms with van der Waals surface area (Å²) in [5.74, 6) is -0.611. The van der Waals surface area contributed by atoms with Crippen LogP contribution >= 0.6 is 15.9 Å². The smallest absolute Gasteiger partial charge is 0.340 e. The number of hydrogen-bond acceptors (Lipinski definition) is 5. The van der Waals surface area contributed by atoms with E-state index in [1.54, 1.807) is 13.8 Å². The van der Waals surface area contributed by atoms with Gasteiger partial charge in [0, 0.05) is 24.3 Å². The number of pyridine rings is 1. The Morgan fingerprint density at radius 3 is 2.39 bits per heavy atom. The average molecular weight is 453 g/mol. The zero-order valence-electron chi connectivity index (χ0n) is 17.6. The van der Waals surface area contributed by atoms with Gasteiger partial charge in [-0.05, 0) is 68.3 Å². The van der Waals surface area contributed by atoms with Crippen molar-refractivity contribution in [3.8, 4) is 0 Å². The predicted molar refractivity (Wildman–Crippen MR) is 115 cm³/mol. The fourth-order valence-corrected chi connectivity index (χ4v) is 5.44. The van der Waals surface area contributed by atoms with Crippen molar-refractivity contribution < 1.29 is 14.6 Å². The van der Waals surface area contributed by atoms with Crippen LogP contribution in [0, 0.1) is 19.3 Å². The normalized spacial score (nSPS) is 20.5. The third-order valence-electron chi connectivity index (χ3n) is 6.27. The molecule has 1 saturated carbocycles. The number of anilines is 1. The van der Waals surface area contributed by atoms with Crippen LogP contribution in [0.1, 0.15) is 81.8 Å². The molecule has 3 rings (SSSR count). The number of halogens is 1. The summed E-state index contributed by atoms with van der Waals surface area (Å²) in [5.41, 5.74) is 3.42. The van der Waals surface area contributed by atoms with Gasteiger partial charge in [-0.2, -0.15) is 0 Å². The Morgan fingerprint density at radius 2 is 1.79 bits per heavy atom. The highest BCUT2D eigenvalue weighted by Crippen LogP contribution is 2.47. The second-order valence-electron chi connectivity index (χ2n) is 8.83. The lowest BCUT2D eigenvalue weighted by molar-refractivity contribution is -0.157. The fraction of sp³-hybridized carbons (Fsp3) is 0.727. The number of aliphatic hydroxyl groups excluding tert-OH is 1. The molecule has 156 valence electrons. The summed E-state index contributed by atoms with van der Waals surface area (Å²) in [5, 5.41) is 10.9. The van der Waals surface area contributed by atoms with Crippen LogP contribution in [-0.2, 0) is 9.53 Å². The topological polar surface area (TPSA) is 62.7 Å². The minimum absolute atomic E-state index is 0.270. The van der Waals surface area contributed by atoms with Crippen molar-refractivity contribution in [2.45, 2.75) is 84.8 Å². The molecule has 1 aromatic rings. The number of carbonyl (C=O) groups excluding carboxylic acids is 1. The number of nitrogens with zero attached hydrogens (tertiary/aromatic N) is 2. The van der Waals surface area contributed by atoms with Crippen LogP contribution < -0.4 is 4.90 Å². The molecule has 0 radical (unpaired) electrons. The molecular formula is C22H33BrN2O3. The molecule has 1 N–H and O–H groups in total. The lowest BCUT2D eigenvalue weighted by Crippen LogP contribution is -2.30. The van der Waals surface area contributed by atoms with Gasteiger partial charge in [0.05, 0.1) is 22.0 Å². The second kappa shape index (κ2) is 8.70. The van der Waals surface area contributed by atoms with E-state index in [1.165, 1.54) is 44.9 Å². The lowest BCUT2D eigenvalue weighted by atomic mass is 9.80. The van der Waals surface area contributed by atoms with Crippen molar-refractivity contribution in [3.05, 3.63) is 21.4 Å². The summed E-state index contributed by atoms with van der Waals surface area (Å²) in [6.45, 7) is 9.33. The van der Waals surface area contributed by atoms with E-state index in [1.807, 2.05) is 13.8 Å². The number of aromatic nitrogens is 1. The van der Waals surface area contributed by atoms with E-state index in [0.717, 1.165) is 28.9 Å². The van der Waals surface area contributed by atoms with E-state index < -0.39 is 12.1 Å². The van der Waals surface area contributed by atoms with Crippen LogP contribution in [-0.4, -0.2) is 35.3 Å². The summed E-state index contributed by atoms with van der Waals surface area (Å²) in [6.07, 6.45) is 7.41. The van der Waals surface area contributed by atoms with Crippen molar-refractivity contribution in [3.63, 3.8) is 0 Å². The fourth-order valence-electron chi connectivity index (χ4n) is 4.89. The Labute approximate surface area is 177 Å². The highest BCUT2D eigenvalue weighted by molar-refractivity contribution is 9.10. The first-order valence-corrected chi connectivity index (χ1v) is 11.3. The first-order valence-electron chi connectivity index (χ1n) is 10.5. The first kappa shape index (κ1) is 21.6. The van der Waals surface area contributed by atoms with Gasteiger partial charge in [0.15, 0.2) is 6.10 Å². The molecule has 28 heavy (non-hydrogen) atoms. The van der Waals surface area contributed by atoms with Crippen LogP contribution in [0.15, 0.2) is 4.47 Å². The number of aryl methyl sites for hydroxylation is 2. The molecule has 2 heterocycles. The van der Waals surface area contributed by atoms with Gasteiger partial charge < -0.3 is 14.7 Å². The molecule has 0 amide bonds. The maximum Gasteiger partial charge on any atom is 0.340 e. The van der Waals surface area contributed by atoms with Gasteiger partial charge in [0.2, 0.25) is 0 Å². The van der Waals surface area contributed by atoms with Crippen molar-refractivity contribution in [2.24, 2.45) is 5.41 Å². The van der Waals surface area contributed by atoms with Gasteiger partial charge in [0.25, 0.3) is 0 Å². The highest BCUT2D eigenvalue weighted by Gasteiger charge is 2.40. The Morgan fingerprint density at radius 1 is 1.14 bits per heavy atom. The van der Waals surface area contributed by atoms with Gasteiger partial charge in [-0.3, -0.25) is 4.98 Å². The van der Waals surface area contributed by atoms with Gasteiger partial charge in [-0.25, -0.2) is 4.79 Å². The molecule has 1 spiro atoms. The largest absolute Gasteiger partial charge is 0.461 e. The molecule has 2 fully saturated rings. The number of aliphatic hydroxyl groups is 1. The Hall–Kier alpha value is -1.14. The molecule has 0 bridgehead atoms. The maximum absolute atomic E-state index is 12.5. The van der Waals surface area contributed by atoms with E-state index in [-0.39, 0.29) is 6.10 Å². The number of ether oxygens (including phenoxy) is 1. The van der Waals surface area contributed by atoms with E-state index in [9.17, 15) is 9.90 Å². The molecule has 0 unspecified atom stereocenters. The van der Waals surface area contributed by atoms with E-state index in [4.69, 9.17) is 4.74 Å². The van der Waals surface area contributed by atoms with Crippen molar-refractivity contribution >= 4 is 27.6 Å². The summed E-state index contributed by atoms with van der Waals surface area (Å²) in [7, 11) is 0. The molecule has 1 atom stereocenters. The number of rotatable bonds is 4. The molecule has 2 aliphatic rings. The molecule has 1 saturated heterocycles. The van der Waals surface area contributed by atoms with E-state index in [2.05, 4.69) is 25.8 Å². The van der Waals surface area contributed by atoms with Gasteiger partial charge in [-0.1, -0.05) is 25.7 Å². The zero-order chi connectivity index (χ0) is 20.5. The quantitative estimate of drug-likeness (QED) is 0.651. The molecule has 0 aromatic carbocycles. The summed E-state index contributed by atoms with van der Waals surface area (Å²) < 4.78 is 6.16. The minimum Gasteiger partial charge on any atom is -0.461 e. The molecule has 6 heteroatoms. The Kier molecular flexibility index (Phi) is 6.70. The second-order valence-corrected chi connectivity index (χ2v) is 9.63. The van der Waals surface area contributed by atoms with Gasteiger partial charge in [0.1, 0.15) is 0 Å². The maximum atomic E-state index is 12.5. The SMILES string of the molecule is Cc1nc(C)c([C@H](O)C(=O)OC(C)C)c(N2CCC3(CCCCCC3)C2)c1Br. The highest BCUT2D eigenvalue weighted by atomic mass is 79.9. The number of hydrogen-bond donors (Lipinski definition) is 1. The molecule has 1 aromatic heterocycles. The molecule has 1 aliphatic heterocycles. The number of esters is 1. The Bertz CT molecular complexity index is 727. The molecule has 1 aliphatic carbocycles. The Balaban J connectivity index is 1.97. The van der Waals surface area contributed by atoms with Crippen LogP contribution in [0.25, 0.3) is 0 Å². The van der Waals surface area contributed by atoms with Crippen molar-refractivity contribution in [2.75, 3.05) is 18.0 Å². The third-order valence-corrected chi connectivity index (χ3v) is 7.22. The van der Waals surface area contributed by atoms with Crippen LogP contribution in [0.4, 0.5) is 5.69 Å². The van der Waals surface area contributed by atoms with Crippen molar-refractivity contribution in [1.82, 2.24) is 4.98 Å². The predicted octanol–water partition coefficient (Wildman–Crippen LogP) is 5.00. The van der Waals surface area contributed by atoms with Gasteiger partial charge >= 0.3 is 5.97 Å². The summed E-state index contributed by atoms with van der Waals surface area (Å²) in [6, 6.07) is 0. The number of carbonyl (C=O) groups is 1. The summed E-state index contributed by atoms with van der Waals surface area (Å²) in [4.78, 5) is 19.4. The van der Waals surface area contributed by atoms with Crippen molar-refractivity contribution in [1.29, 1.82) is 0 Å². The van der Waals surface area contributed by atoms with Crippen LogP contribution in [0.3, 0.4) is 0 Å². The monoisotopic (exact) mass is 452 g/mol. The van der Waals surface area contributed by atoms with E-state index >= 15 is 0 Å². The minimum atomic E-state index is -1.33. The van der Waals surface area contributed by atoms with E-state index in [0.29, 0.717) is 16.7 Å². The average Bonchev–Trinajstić information content (AvgIpc) is 2.88. The zero-order valence-corrected chi connectivity index (χ0v) is 19.1. The van der Waals surface area contributed by atoms with Crippen LogP contribution in [0.2, 0.25) is 0 Å². The first-order chi connectivity index (χ1) is 13.2. The molecule has 5 nitrogen and oxygen atoms in total. The third kappa shape index (κ3) is 4.38. The van der Waals surface area contributed by atoms with Gasteiger partial charge in [-0.15, -0.1) is 0 Å². The lowest BCUT2D eigenvalue weighted by Gasteiger charge is -2.31.